The Labute approximate surface area is 148 Å². The van der Waals surface area contributed by atoms with Crippen molar-refractivity contribution in [3.05, 3.63) is 30.0 Å². The number of hydrogen-bond donors (Lipinski definition) is 1. The number of carbonyl (C=O) groups is 2. The number of piperazine rings is 1. The molecule has 0 aliphatic carbocycles. The van der Waals surface area contributed by atoms with E-state index in [1.165, 1.54) is 28.0 Å². The first-order chi connectivity index (χ1) is 12.5. The Kier molecular flexibility index (Phi) is 3.95. The van der Waals surface area contributed by atoms with Crippen LogP contribution in [0.1, 0.15) is 18.4 Å². The number of pyridine rings is 1. The average Bonchev–Trinajstić information content (AvgIpc) is 3.21. The molecule has 26 heavy (non-hydrogen) atoms. The predicted molar refractivity (Wildman–Crippen MR) is 87.6 cm³/mol. The van der Waals surface area contributed by atoms with Crippen molar-refractivity contribution in [2.24, 2.45) is 5.92 Å². The maximum absolute atomic E-state index is 14.0. The second-order valence-electron chi connectivity index (χ2n) is 6.42. The van der Waals surface area contributed by atoms with Gasteiger partial charge in [-0.1, -0.05) is 11.8 Å². The number of rotatable bonds is 1. The smallest absolute Gasteiger partial charge is 0.407 e. The van der Waals surface area contributed by atoms with Crippen molar-refractivity contribution in [1.82, 2.24) is 24.4 Å². The van der Waals surface area contributed by atoms with E-state index in [9.17, 15) is 14.0 Å². The van der Waals surface area contributed by atoms with Crippen molar-refractivity contribution >= 4 is 17.6 Å². The quantitative estimate of drug-likeness (QED) is 0.763. The summed E-state index contributed by atoms with van der Waals surface area (Å²) >= 11 is 0. The Hall–Kier alpha value is -3.15. The van der Waals surface area contributed by atoms with Gasteiger partial charge < -0.3 is 14.9 Å². The van der Waals surface area contributed by atoms with Crippen molar-refractivity contribution in [2.75, 3.05) is 19.6 Å². The van der Waals surface area contributed by atoms with Crippen LogP contribution in [-0.4, -0.2) is 67.2 Å². The number of carboxylic acid groups (broad SMARTS) is 1. The lowest BCUT2D eigenvalue weighted by Crippen LogP contribution is -2.52. The maximum Gasteiger partial charge on any atom is 0.407 e. The molecule has 9 heteroatoms. The number of hydrogen-bond acceptors (Lipinski definition) is 4. The summed E-state index contributed by atoms with van der Waals surface area (Å²) in [5, 5.41) is 13.0. The van der Waals surface area contributed by atoms with Crippen molar-refractivity contribution in [3.63, 3.8) is 0 Å². The molecule has 134 valence electrons. The van der Waals surface area contributed by atoms with E-state index < -0.39 is 11.9 Å². The van der Waals surface area contributed by atoms with Crippen LogP contribution < -0.4 is 0 Å². The Morgan fingerprint density at radius 3 is 3.08 bits per heavy atom. The number of carbonyl (C=O) groups excluding carboxylic acids is 1. The van der Waals surface area contributed by atoms with Gasteiger partial charge in [0, 0.05) is 32.3 Å². The van der Waals surface area contributed by atoms with E-state index in [4.69, 9.17) is 5.11 Å². The molecule has 0 aromatic carbocycles. The SMILES string of the molecule is O=C(O)N1CCN2C(=O)[C@@H](CC#Cc3c(F)ccn4ncnc34)C[C@H]2C1. The monoisotopic (exact) mass is 357 g/mol. The molecule has 2 aromatic rings. The van der Waals surface area contributed by atoms with E-state index >= 15 is 0 Å². The van der Waals surface area contributed by atoms with Gasteiger partial charge in [-0.05, 0) is 12.5 Å². The van der Waals surface area contributed by atoms with E-state index in [1.54, 1.807) is 4.90 Å². The molecule has 1 N–H and O–H groups in total. The topological polar surface area (TPSA) is 91.0 Å². The Bertz CT molecular complexity index is 947. The molecule has 4 rings (SSSR count). The van der Waals surface area contributed by atoms with Crippen LogP contribution in [0.4, 0.5) is 9.18 Å². The molecular formula is C17H16FN5O3. The number of nitrogens with zero attached hydrogens (tertiary/aromatic N) is 5. The molecule has 0 spiro atoms. The third kappa shape index (κ3) is 2.73. The van der Waals surface area contributed by atoms with Gasteiger partial charge >= 0.3 is 6.09 Å². The fourth-order valence-electron chi connectivity index (χ4n) is 3.60. The van der Waals surface area contributed by atoms with Crippen molar-refractivity contribution in [2.45, 2.75) is 18.9 Å². The molecule has 4 heterocycles. The fourth-order valence-corrected chi connectivity index (χ4v) is 3.60. The van der Waals surface area contributed by atoms with Crippen molar-refractivity contribution in [3.8, 4) is 11.8 Å². The number of fused-ring (bicyclic) bond motifs is 2. The van der Waals surface area contributed by atoms with Gasteiger partial charge in [-0.2, -0.15) is 5.10 Å². The minimum absolute atomic E-state index is 0.00417. The van der Waals surface area contributed by atoms with Crippen molar-refractivity contribution in [1.29, 1.82) is 0 Å². The first-order valence-electron chi connectivity index (χ1n) is 8.29. The largest absolute Gasteiger partial charge is 0.465 e. The first kappa shape index (κ1) is 16.3. The molecule has 2 amide bonds. The van der Waals surface area contributed by atoms with Crippen LogP contribution in [0.15, 0.2) is 18.6 Å². The second-order valence-corrected chi connectivity index (χ2v) is 6.42. The number of halogens is 1. The Morgan fingerprint density at radius 2 is 2.27 bits per heavy atom. The Balaban J connectivity index is 1.48. The zero-order valence-electron chi connectivity index (χ0n) is 13.8. The van der Waals surface area contributed by atoms with Gasteiger partial charge in [0.1, 0.15) is 17.7 Å². The fraction of sp³-hybridized carbons (Fsp3) is 0.412. The van der Waals surface area contributed by atoms with Crippen LogP contribution in [-0.2, 0) is 4.79 Å². The highest BCUT2D eigenvalue weighted by atomic mass is 19.1. The van der Waals surface area contributed by atoms with Gasteiger partial charge in [-0.25, -0.2) is 18.7 Å². The van der Waals surface area contributed by atoms with E-state index in [1.807, 2.05) is 0 Å². The summed E-state index contributed by atoms with van der Waals surface area (Å²) < 4.78 is 15.5. The third-order valence-electron chi connectivity index (χ3n) is 4.90. The second kappa shape index (κ2) is 6.29. The van der Waals surface area contributed by atoms with E-state index in [-0.39, 0.29) is 23.4 Å². The molecule has 0 saturated carbocycles. The molecule has 2 aliphatic rings. The van der Waals surface area contributed by atoms with Crippen LogP contribution in [0.2, 0.25) is 0 Å². The average molecular weight is 357 g/mol. The molecular weight excluding hydrogens is 341 g/mol. The lowest BCUT2D eigenvalue weighted by molar-refractivity contribution is -0.133. The third-order valence-corrected chi connectivity index (χ3v) is 4.90. The molecule has 0 radical (unpaired) electrons. The van der Waals surface area contributed by atoms with Crippen molar-refractivity contribution < 1.29 is 19.1 Å². The summed E-state index contributed by atoms with van der Waals surface area (Å²) in [6.07, 6.45) is 2.70. The Morgan fingerprint density at radius 1 is 1.42 bits per heavy atom. The van der Waals surface area contributed by atoms with E-state index in [0.717, 1.165) is 0 Å². The molecule has 2 atom stereocenters. The van der Waals surface area contributed by atoms with Gasteiger partial charge in [0.25, 0.3) is 0 Å². The highest BCUT2D eigenvalue weighted by Crippen LogP contribution is 2.29. The van der Waals surface area contributed by atoms with Gasteiger partial charge in [0.05, 0.1) is 12.0 Å². The van der Waals surface area contributed by atoms with Gasteiger partial charge in [0.2, 0.25) is 5.91 Å². The maximum atomic E-state index is 14.0. The highest BCUT2D eigenvalue weighted by Gasteiger charge is 2.42. The normalized spacial score (nSPS) is 22.3. The zero-order valence-corrected chi connectivity index (χ0v) is 13.8. The summed E-state index contributed by atoms with van der Waals surface area (Å²) in [6.45, 7) is 1.07. The van der Waals surface area contributed by atoms with Crippen LogP contribution in [0.25, 0.3) is 5.65 Å². The van der Waals surface area contributed by atoms with Crippen LogP contribution >= 0.6 is 0 Å². The number of amides is 2. The summed E-state index contributed by atoms with van der Waals surface area (Å²) in [7, 11) is 0. The van der Waals surface area contributed by atoms with Crippen LogP contribution in [0, 0.1) is 23.6 Å². The summed E-state index contributed by atoms with van der Waals surface area (Å²) in [4.78, 5) is 30.7. The molecule has 2 fully saturated rings. The highest BCUT2D eigenvalue weighted by molar-refractivity contribution is 5.82. The molecule has 0 unspecified atom stereocenters. The van der Waals surface area contributed by atoms with Crippen LogP contribution in [0.5, 0.6) is 0 Å². The predicted octanol–water partition coefficient (Wildman–Crippen LogP) is 0.821. The van der Waals surface area contributed by atoms with E-state index in [2.05, 4.69) is 21.9 Å². The molecule has 2 aromatic heterocycles. The molecule has 8 nitrogen and oxygen atoms in total. The molecule has 2 aliphatic heterocycles. The zero-order chi connectivity index (χ0) is 18.3. The lowest BCUT2D eigenvalue weighted by atomic mass is 10.0. The first-order valence-corrected chi connectivity index (χ1v) is 8.29. The summed E-state index contributed by atoms with van der Waals surface area (Å²) in [5.74, 6) is 4.89. The lowest BCUT2D eigenvalue weighted by Gasteiger charge is -2.35. The molecule has 0 bridgehead atoms. The van der Waals surface area contributed by atoms with Gasteiger partial charge in [-0.3, -0.25) is 4.79 Å². The summed E-state index contributed by atoms with van der Waals surface area (Å²) in [6, 6.07) is 1.17. The number of aromatic nitrogens is 3. The standard InChI is InChI=1S/C17H16FN5O3/c18-14-4-5-23-15(19-10-20-23)13(14)3-1-2-11-8-12-9-21(17(25)26)6-7-22(12)16(11)24/h4-5,10-12H,2,6-9H2,(H,25,26)/t11-,12-/m0/s1. The molecule has 2 saturated heterocycles. The van der Waals surface area contributed by atoms with Crippen LogP contribution in [0.3, 0.4) is 0 Å². The summed E-state index contributed by atoms with van der Waals surface area (Å²) in [5.41, 5.74) is 0.495. The van der Waals surface area contributed by atoms with E-state index in [0.29, 0.717) is 38.1 Å². The minimum Gasteiger partial charge on any atom is -0.465 e. The minimum atomic E-state index is -0.961. The van der Waals surface area contributed by atoms with Gasteiger partial charge in [0.15, 0.2) is 5.65 Å². The van der Waals surface area contributed by atoms with Gasteiger partial charge in [-0.15, -0.1) is 0 Å².